The average Bonchev–Trinajstić information content (AvgIpc) is 2.80. The van der Waals surface area contributed by atoms with Crippen molar-refractivity contribution < 1.29 is 0 Å². The van der Waals surface area contributed by atoms with Gasteiger partial charge in [-0.1, -0.05) is 23.2 Å². The summed E-state index contributed by atoms with van der Waals surface area (Å²) in [6.07, 6.45) is 1.79. The van der Waals surface area contributed by atoms with Gasteiger partial charge in [-0.2, -0.15) is 0 Å². The smallest absolute Gasteiger partial charge is 0.164 e. The first-order valence-electron chi connectivity index (χ1n) is 6.37. The zero-order valence-electron chi connectivity index (χ0n) is 11.5. The first-order chi connectivity index (χ1) is 10.0. The minimum Gasteiger partial charge on any atom is -0.278 e. The van der Waals surface area contributed by atoms with Gasteiger partial charge in [0.15, 0.2) is 5.65 Å². The molecular weight excluding hydrogens is 329 g/mol. The summed E-state index contributed by atoms with van der Waals surface area (Å²) in [6, 6.07) is 5.62. The molecule has 0 aliphatic heterocycles. The first-order valence-corrected chi connectivity index (χ1v) is 7.66. The molecule has 21 heavy (non-hydrogen) atoms. The lowest BCUT2D eigenvalue weighted by molar-refractivity contribution is 0.969. The van der Waals surface area contributed by atoms with Gasteiger partial charge in [-0.25, -0.2) is 9.97 Å². The molecule has 0 aliphatic carbocycles. The van der Waals surface area contributed by atoms with Crippen molar-refractivity contribution in [2.24, 2.45) is 0 Å². The number of aromatic nitrogens is 3. The number of nitrogens with zero attached hydrogens (tertiary/aromatic N) is 3. The molecule has 3 nitrogen and oxygen atoms in total. The lowest BCUT2D eigenvalue weighted by atomic mass is 10.2. The summed E-state index contributed by atoms with van der Waals surface area (Å²) >= 11 is 18.6. The Balaban J connectivity index is 2.36. The molecule has 0 fully saturated rings. The Hall–Kier alpha value is -1.29. The first kappa shape index (κ1) is 14.6. The normalized spacial score (nSPS) is 11.3. The van der Waals surface area contributed by atoms with E-state index < -0.39 is 0 Å². The van der Waals surface area contributed by atoms with E-state index in [1.165, 1.54) is 0 Å². The summed E-state index contributed by atoms with van der Waals surface area (Å²) in [5, 5.41) is 1.23. The highest BCUT2D eigenvalue weighted by molar-refractivity contribution is 6.35. The van der Waals surface area contributed by atoms with Crippen LogP contribution in [0, 0.1) is 13.8 Å². The van der Waals surface area contributed by atoms with E-state index in [4.69, 9.17) is 34.8 Å². The van der Waals surface area contributed by atoms with Crippen molar-refractivity contribution in [1.29, 1.82) is 0 Å². The van der Waals surface area contributed by atoms with E-state index in [1.54, 1.807) is 6.20 Å². The fourth-order valence-electron chi connectivity index (χ4n) is 2.26. The standard InChI is InChI=1S/C15H12Cl3N3/c1-8-3-12-15(19-7-8)21(14(6-16)20-12)13-5-10(17)9(2)4-11(13)18/h3-5,7H,6H2,1-2H3. The number of hydrogen-bond donors (Lipinski definition) is 0. The maximum absolute atomic E-state index is 6.38. The van der Waals surface area contributed by atoms with Crippen LogP contribution in [-0.4, -0.2) is 14.5 Å². The van der Waals surface area contributed by atoms with E-state index in [0.717, 1.165) is 28.0 Å². The second-order valence-electron chi connectivity index (χ2n) is 4.91. The molecule has 0 aliphatic rings. The van der Waals surface area contributed by atoms with Crippen molar-refractivity contribution >= 4 is 46.0 Å². The summed E-state index contributed by atoms with van der Waals surface area (Å²) in [5.41, 5.74) is 4.21. The fourth-order valence-corrected chi connectivity index (χ4v) is 2.90. The van der Waals surface area contributed by atoms with Gasteiger partial charge in [-0.3, -0.25) is 4.57 Å². The molecular formula is C15H12Cl3N3. The Labute approximate surface area is 137 Å². The second kappa shape index (κ2) is 5.48. The van der Waals surface area contributed by atoms with Gasteiger partial charge in [0.2, 0.25) is 0 Å². The Kier molecular flexibility index (Phi) is 3.82. The Morgan fingerprint density at radius 1 is 1.10 bits per heavy atom. The maximum Gasteiger partial charge on any atom is 0.164 e. The molecule has 1 aromatic carbocycles. The maximum atomic E-state index is 6.38. The van der Waals surface area contributed by atoms with Crippen molar-refractivity contribution in [3.63, 3.8) is 0 Å². The lowest BCUT2D eigenvalue weighted by Crippen LogP contribution is -2.02. The number of hydrogen-bond acceptors (Lipinski definition) is 2. The Morgan fingerprint density at radius 2 is 1.86 bits per heavy atom. The number of imidazole rings is 1. The van der Waals surface area contributed by atoms with Gasteiger partial charge in [-0.05, 0) is 43.2 Å². The molecule has 108 valence electrons. The molecule has 0 bridgehead atoms. The summed E-state index contributed by atoms with van der Waals surface area (Å²) < 4.78 is 1.86. The number of benzene rings is 1. The van der Waals surface area contributed by atoms with Crippen molar-refractivity contribution in [3.05, 3.63) is 51.4 Å². The molecule has 0 saturated heterocycles. The third-order valence-corrected chi connectivity index (χ3v) is 4.24. The molecule has 0 atom stereocenters. The average molecular weight is 341 g/mol. The third-order valence-electron chi connectivity index (χ3n) is 3.29. The number of rotatable bonds is 2. The van der Waals surface area contributed by atoms with Gasteiger partial charge in [0.25, 0.3) is 0 Å². The molecule has 3 rings (SSSR count). The minimum absolute atomic E-state index is 0.261. The van der Waals surface area contributed by atoms with Gasteiger partial charge >= 0.3 is 0 Å². The molecule has 2 aromatic heterocycles. The number of halogens is 3. The van der Waals surface area contributed by atoms with Crippen LogP contribution in [0.5, 0.6) is 0 Å². The van der Waals surface area contributed by atoms with Crippen molar-refractivity contribution in [2.45, 2.75) is 19.7 Å². The predicted molar refractivity (Wildman–Crippen MR) is 87.9 cm³/mol. The molecule has 0 unspecified atom stereocenters. The summed E-state index contributed by atoms with van der Waals surface area (Å²) in [6.45, 7) is 3.88. The minimum atomic E-state index is 0.261. The Bertz CT molecular complexity index is 840. The number of alkyl halides is 1. The van der Waals surface area contributed by atoms with Gasteiger partial charge in [0.1, 0.15) is 11.3 Å². The van der Waals surface area contributed by atoms with Crippen LogP contribution in [0.4, 0.5) is 0 Å². The van der Waals surface area contributed by atoms with Gasteiger partial charge in [0.05, 0.1) is 16.6 Å². The lowest BCUT2D eigenvalue weighted by Gasteiger charge is -2.11. The van der Waals surface area contributed by atoms with Gasteiger partial charge in [-0.15, -0.1) is 11.6 Å². The van der Waals surface area contributed by atoms with Crippen LogP contribution in [0.3, 0.4) is 0 Å². The van der Waals surface area contributed by atoms with Crippen LogP contribution >= 0.6 is 34.8 Å². The van der Waals surface area contributed by atoms with E-state index in [1.807, 2.05) is 36.6 Å². The molecule has 2 heterocycles. The highest BCUT2D eigenvalue weighted by atomic mass is 35.5. The molecule has 3 aromatic rings. The van der Waals surface area contributed by atoms with Gasteiger partial charge < -0.3 is 0 Å². The summed E-state index contributed by atoms with van der Waals surface area (Å²) in [4.78, 5) is 8.99. The molecule has 0 N–H and O–H groups in total. The zero-order valence-corrected chi connectivity index (χ0v) is 13.8. The summed E-state index contributed by atoms with van der Waals surface area (Å²) in [5.74, 6) is 0.948. The highest BCUT2D eigenvalue weighted by Gasteiger charge is 2.16. The van der Waals surface area contributed by atoms with E-state index >= 15 is 0 Å². The number of fused-ring (bicyclic) bond motifs is 1. The second-order valence-corrected chi connectivity index (χ2v) is 5.99. The van der Waals surface area contributed by atoms with Crippen molar-refractivity contribution in [2.75, 3.05) is 0 Å². The van der Waals surface area contributed by atoms with E-state index in [9.17, 15) is 0 Å². The fraction of sp³-hybridized carbons (Fsp3) is 0.200. The van der Waals surface area contributed by atoms with Crippen LogP contribution in [0.15, 0.2) is 24.4 Å². The number of pyridine rings is 1. The predicted octanol–water partition coefficient (Wildman–Crippen LogP) is 5.08. The molecule has 0 spiro atoms. The third kappa shape index (κ3) is 2.50. The Morgan fingerprint density at radius 3 is 2.57 bits per heavy atom. The van der Waals surface area contributed by atoms with E-state index in [0.29, 0.717) is 15.9 Å². The monoisotopic (exact) mass is 339 g/mol. The van der Waals surface area contributed by atoms with Crippen LogP contribution in [-0.2, 0) is 5.88 Å². The van der Waals surface area contributed by atoms with Crippen LogP contribution in [0.1, 0.15) is 17.0 Å². The van der Waals surface area contributed by atoms with Crippen molar-refractivity contribution in [3.8, 4) is 5.69 Å². The van der Waals surface area contributed by atoms with Crippen molar-refractivity contribution in [1.82, 2.24) is 14.5 Å². The van der Waals surface area contributed by atoms with Crippen LogP contribution in [0.25, 0.3) is 16.9 Å². The quantitative estimate of drug-likeness (QED) is 0.609. The molecule has 0 radical (unpaired) electrons. The largest absolute Gasteiger partial charge is 0.278 e. The number of aryl methyl sites for hydroxylation is 2. The van der Waals surface area contributed by atoms with Crippen LogP contribution < -0.4 is 0 Å². The highest BCUT2D eigenvalue weighted by Crippen LogP contribution is 2.31. The molecule has 6 heteroatoms. The SMILES string of the molecule is Cc1cnc2c(c1)nc(CCl)n2-c1cc(Cl)c(C)cc1Cl. The zero-order chi connectivity index (χ0) is 15.1. The van der Waals surface area contributed by atoms with E-state index in [2.05, 4.69) is 9.97 Å². The molecule has 0 saturated carbocycles. The van der Waals surface area contributed by atoms with E-state index in [-0.39, 0.29) is 5.88 Å². The van der Waals surface area contributed by atoms with Crippen LogP contribution in [0.2, 0.25) is 10.0 Å². The summed E-state index contributed by atoms with van der Waals surface area (Å²) in [7, 11) is 0. The molecule has 0 amide bonds. The van der Waals surface area contributed by atoms with Gasteiger partial charge in [0, 0.05) is 11.2 Å². The topological polar surface area (TPSA) is 30.7 Å².